The summed E-state index contributed by atoms with van der Waals surface area (Å²) in [5.74, 6) is 1.02. The number of carbonyl (C=O) groups is 1. The standard InChI is InChI=1S/C21H33N3O3.2ClH/c1-26-18-7-5-16(6-8-18)19(24-11-3-2-4-12-24)15-23-21(25)20(22)17-9-13-27-14-10-17;;/h5-8,17,19-20H,2-4,9-15,22H2,1H3,(H,23,25);2*1H. The zero-order chi connectivity index (χ0) is 19.1. The van der Waals surface area contributed by atoms with Crippen molar-refractivity contribution < 1.29 is 14.3 Å². The van der Waals surface area contributed by atoms with Crippen molar-refractivity contribution in [3.8, 4) is 5.75 Å². The van der Waals surface area contributed by atoms with Gasteiger partial charge in [-0.25, -0.2) is 0 Å². The molecule has 0 aliphatic carbocycles. The van der Waals surface area contributed by atoms with Gasteiger partial charge in [-0.2, -0.15) is 0 Å². The number of rotatable bonds is 7. The number of ether oxygens (including phenoxy) is 2. The van der Waals surface area contributed by atoms with Crippen molar-refractivity contribution in [3.05, 3.63) is 29.8 Å². The molecule has 2 aliphatic heterocycles. The first-order valence-electron chi connectivity index (χ1n) is 10.2. The van der Waals surface area contributed by atoms with E-state index in [2.05, 4.69) is 22.3 Å². The Labute approximate surface area is 186 Å². The molecule has 0 bridgehead atoms. The van der Waals surface area contributed by atoms with Crippen LogP contribution in [0.4, 0.5) is 0 Å². The molecule has 1 aromatic rings. The van der Waals surface area contributed by atoms with E-state index < -0.39 is 6.04 Å². The summed E-state index contributed by atoms with van der Waals surface area (Å²) in [4.78, 5) is 15.1. The van der Waals surface area contributed by atoms with E-state index in [1.54, 1.807) is 7.11 Å². The Kier molecular flexibility index (Phi) is 11.9. The van der Waals surface area contributed by atoms with E-state index >= 15 is 0 Å². The molecule has 1 aromatic carbocycles. The topological polar surface area (TPSA) is 76.8 Å². The fourth-order valence-electron chi connectivity index (χ4n) is 4.12. The summed E-state index contributed by atoms with van der Waals surface area (Å²) in [6.45, 7) is 4.13. The number of likely N-dealkylation sites (tertiary alicyclic amines) is 1. The lowest BCUT2D eigenvalue weighted by Crippen LogP contribution is -2.49. The summed E-state index contributed by atoms with van der Waals surface area (Å²) in [5.41, 5.74) is 7.44. The number of nitrogens with zero attached hydrogens (tertiary/aromatic N) is 1. The van der Waals surface area contributed by atoms with Crippen LogP contribution >= 0.6 is 24.8 Å². The summed E-state index contributed by atoms with van der Waals surface area (Å²) in [6, 6.07) is 7.89. The zero-order valence-corrected chi connectivity index (χ0v) is 18.8. The average molecular weight is 448 g/mol. The molecule has 29 heavy (non-hydrogen) atoms. The molecule has 166 valence electrons. The lowest BCUT2D eigenvalue weighted by atomic mass is 9.91. The van der Waals surface area contributed by atoms with Gasteiger partial charge in [0.25, 0.3) is 0 Å². The highest BCUT2D eigenvalue weighted by molar-refractivity contribution is 5.85. The summed E-state index contributed by atoms with van der Waals surface area (Å²) >= 11 is 0. The molecular weight excluding hydrogens is 413 g/mol. The smallest absolute Gasteiger partial charge is 0.237 e. The van der Waals surface area contributed by atoms with E-state index in [1.165, 1.54) is 24.8 Å². The Morgan fingerprint density at radius 3 is 2.38 bits per heavy atom. The van der Waals surface area contributed by atoms with Crippen molar-refractivity contribution in [3.63, 3.8) is 0 Å². The third-order valence-corrected chi connectivity index (χ3v) is 5.88. The van der Waals surface area contributed by atoms with Crippen LogP contribution in [0.3, 0.4) is 0 Å². The predicted molar refractivity (Wildman–Crippen MR) is 120 cm³/mol. The molecule has 1 amide bonds. The maximum atomic E-state index is 12.6. The molecular formula is C21H35Cl2N3O3. The zero-order valence-electron chi connectivity index (χ0n) is 17.2. The molecule has 2 unspecified atom stereocenters. The number of halogens is 2. The number of nitrogens with one attached hydrogen (secondary N) is 1. The van der Waals surface area contributed by atoms with Crippen molar-refractivity contribution in [2.75, 3.05) is 40.0 Å². The average Bonchev–Trinajstić information content (AvgIpc) is 2.75. The van der Waals surface area contributed by atoms with Crippen LogP contribution < -0.4 is 15.8 Å². The summed E-state index contributed by atoms with van der Waals surface area (Å²) in [5, 5.41) is 3.13. The second-order valence-corrected chi connectivity index (χ2v) is 7.61. The van der Waals surface area contributed by atoms with Crippen molar-refractivity contribution in [1.29, 1.82) is 0 Å². The monoisotopic (exact) mass is 447 g/mol. The van der Waals surface area contributed by atoms with E-state index in [4.69, 9.17) is 15.2 Å². The van der Waals surface area contributed by atoms with Crippen molar-refractivity contribution >= 4 is 30.7 Å². The highest BCUT2D eigenvalue weighted by Gasteiger charge is 2.28. The van der Waals surface area contributed by atoms with Crippen molar-refractivity contribution in [2.24, 2.45) is 11.7 Å². The fourth-order valence-corrected chi connectivity index (χ4v) is 4.12. The molecule has 0 saturated carbocycles. The second-order valence-electron chi connectivity index (χ2n) is 7.61. The van der Waals surface area contributed by atoms with E-state index in [0.717, 1.165) is 31.7 Å². The van der Waals surface area contributed by atoms with Crippen molar-refractivity contribution in [1.82, 2.24) is 10.2 Å². The predicted octanol–water partition coefficient (Wildman–Crippen LogP) is 2.94. The van der Waals surface area contributed by atoms with Gasteiger partial charge in [-0.05, 0) is 62.4 Å². The van der Waals surface area contributed by atoms with Crippen molar-refractivity contribution in [2.45, 2.75) is 44.2 Å². The molecule has 2 atom stereocenters. The molecule has 0 radical (unpaired) electrons. The Morgan fingerprint density at radius 1 is 1.17 bits per heavy atom. The normalized spacial score (nSPS) is 19.9. The Bertz CT molecular complexity index is 591. The fraction of sp³-hybridized carbons (Fsp3) is 0.667. The number of nitrogens with two attached hydrogens (primary N) is 1. The van der Waals surface area contributed by atoms with Gasteiger partial charge in [0.05, 0.1) is 19.2 Å². The van der Waals surface area contributed by atoms with Crippen LogP contribution in [-0.4, -0.2) is 56.8 Å². The number of carbonyl (C=O) groups excluding carboxylic acids is 1. The number of amides is 1. The van der Waals surface area contributed by atoms with E-state index in [1.807, 2.05) is 12.1 Å². The maximum absolute atomic E-state index is 12.6. The summed E-state index contributed by atoms with van der Waals surface area (Å²) < 4.78 is 10.7. The van der Waals surface area contributed by atoms with Gasteiger partial charge in [0.15, 0.2) is 0 Å². The number of benzene rings is 1. The third-order valence-electron chi connectivity index (χ3n) is 5.88. The van der Waals surface area contributed by atoms with Gasteiger partial charge < -0.3 is 20.5 Å². The van der Waals surface area contributed by atoms with Crippen LogP contribution in [0.15, 0.2) is 24.3 Å². The molecule has 2 aliphatic rings. The Balaban J connectivity index is 0.00000210. The first-order chi connectivity index (χ1) is 13.2. The van der Waals surface area contributed by atoms with Crippen LogP contribution in [0.25, 0.3) is 0 Å². The largest absolute Gasteiger partial charge is 0.497 e. The molecule has 2 fully saturated rings. The number of hydrogen-bond acceptors (Lipinski definition) is 5. The quantitative estimate of drug-likeness (QED) is 0.671. The first-order valence-corrected chi connectivity index (χ1v) is 10.2. The number of methoxy groups -OCH3 is 1. The van der Waals surface area contributed by atoms with Gasteiger partial charge in [0.2, 0.25) is 5.91 Å². The summed E-state index contributed by atoms with van der Waals surface area (Å²) in [6.07, 6.45) is 5.43. The number of hydrogen-bond donors (Lipinski definition) is 2. The number of piperidine rings is 1. The minimum Gasteiger partial charge on any atom is -0.497 e. The maximum Gasteiger partial charge on any atom is 0.237 e. The van der Waals surface area contributed by atoms with Gasteiger partial charge in [0, 0.05) is 19.8 Å². The molecule has 0 spiro atoms. The van der Waals surface area contributed by atoms with Gasteiger partial charge >= 0.3 is 0 Å². The van der Waals surface area contributed by atoms with Gasteiger partial charge in [-0.3, -0.25) is 9.69 Å². The SMILES string of the molecule is COc1ccc(C(CNC(=O)C(N)C2CCOCC2)N2CCCCC2)cc1.Cl.Cl. The van der Waals surface area contributed by atoms with Gasteiger partial charge in [-0.15, -0.1) is 24.8 Å². The molecule has 6 nitrogen and oxygen atoms in total. The molecule has 2 heterocycles. The van der Waals surface area contributed by atoms with Crippen LogP contribution in [0.2, 0.25) is 0 Å². The minimum absolute atomic E-state index is 0. The van der Waals surface area contributed by atoms with E-state index in [-0.39, 0.29) is 42.7 Å². The highest BCUT2D eigenvalue weighted by Crippen LogP contribution is 2.26. The molecule has 3 N–H and O–H groups in total. The van der Waals surface area contributed by atoms with E-state index in [0.29, 0.717) is 19.8 Å². The van der Waals surface area contributed by atoms with Crippen LogP contribution in [0, 0.1) is 5.92 Å². The van der Waals surface area contributed by atoms with Crippen LogP contribution in [-0.2, 0) is 9.53 Å². The lowest BCUT2D eigenvalue weighted by Gasteiger charge is -2.35. The third kappa shape index (κ3) is 7.30. The summed E-state index contributed by atoms with van der Waals surface area (Å²) in [7, 11) is 1.68. The van der Waals surface area contributed by atoms with Crippen LogP contribution in [0.5, 0.6) is 5.75 Å². The first kappa shape index (κ1) is 26.0. The Morgan fingerprint density at radius 2 is 1.79 bits per heavy atom. The highest BCUT2D eigenvalue weighted by atomic mass is 35.5. The molecule has 2 saturated heterocycles. The van der Waals surface area contributed by atoms with Crippen LogP contribution in [0.1, 0.15) is 43.7 Å². The Hall–Kier alpha value is -1.05. The molecule has 3 rings (SSSR count). The molecule has 0 aromatic heterocycles. The second kappa shape index (κ2) is 13.3. The molecule has 8 heteroatoms. The lowest BCUT2D eigenvalue weighted by molar-refractivity contribution is -0.124. The van der Waals surface area contributed by atoms with E-state index in [9.17, 15) is 4.79 Å². The minimum atomic E-state index is -0.452. The van der Waals surface area contributed by atoms with Gasteiger partial charge in [0.1, 0.15) is 5.75 Å². The van der Waals surface area contributed by atoms with Gasteiger partial charge in [-0.1, -0.05) is 18.6 Å².